The summed E-state index contributed by atoms with van der Waals surface area (Å²) in [4.78, 5) is 18.7. The summed E-state index contributed by atoms with van der Waals surface area (Å²) in [5.74, 6) is 0.208. The summed E-state index contributed by atoms with van der Waals surface area (Å²) in [5.41, 5.74) is 0. The van der Waals surface area contributed by atoms with E-state index in [1.54, 1.807) is 29.8 Å². The Morgan fingerprint density at radius 1 is 1.64 bits per heavy atom. The fraction of sp³-hybridized carbons (Fsp3) is 0.333. The molecule has 0 spiro atoms. The van der Waals surface area contributed by atoms with Gasteiger partial charge in [0.05, 0.1) is 6.33 Å². The highest BCUT2D eigenvalue weighted by atomic mass is 35.5. The zero-order valence-corrected chi connectivity index (χ0v) is 8.67. The first-order valence-electron chi connectivity index (χ1n) is 4.19. The minimum Gasteiger partial charge on any atom is -0.351 e. The number of imidazole rings is 1. The standard InChI is InChI=1S/C6H9NO.C3H4N2.ClH/c1-2-7-5-3-4-6(7)8;1-2-5-3-4-1;/h2H,1,3-5H2;1-3H,(H,4,5);1H. The minimum absolute atomic E-state index is 0. The molecule has 0 bridgehead atoms. The Morgan fingerprint density at radius 3 is 2.64 bits per heavy atom. The van der Waals surface area contributed by atoms with Crippen molar-refractivity contribution in [3.05, 3.63) is 31.5 Å². The van der Waals surface area contributed by atoms with Crippen LogP contribution in [0.25, 0.3) is 0 Å². The van der Waals surface area contributed by atoms with E-state index in [1.165, 1.54) is 0 Å². The number of rotatable bonds is 1. The second-order valence-corrected chi connectivity index (χ2v) is 2.63. The zero-order valence-electron chi connectivity index (χ0n) is 7.85. The molecule has 1 aliphatic rings. The van der Waals surface area contributed by atoms with E-state index in [2.05, 4.69) is 16.5 Å². The lowest BCUT2D eigenvalue weighted by atomic mass is 10.4. The van der Waals surface area contributed by atoms with Crippen LogP contribution in [0.15, 0.2) is 31.5 Å². The number of amides is 1. The first-order valence-corrected chi connectivity index (χ1v) is 4.19. The molecule has 2 rings (SSSR count). The third kappa shape index (κ3) is 4.09. The molecule has 1 aromatic rings. The SMILES string of the molecule is C=CN1CCCC1=O.Cl.c1c[nH]cn1. The van der Waals surface area contributed by atoms with Crippen molar-refractivity contribution in [2.45, 2.75) is 12.8 Å². The number of carbonyl (C=O) groups excluding carboxylic acids is 1. The highest BCUT2D eigenvalue weighted by molar-refractivity contribution is 5.85. The van der Waals surface area contributed by atoms with Gasteiger partial charge in [-0.15, -0.1) is 12.4 Å². The fourth-order valence-corrected chi connectivity index (χ4v) is 1.08. The van der Waals surface area contributed by atoms with Gasteiger partial charge < -0.3 is 9.88 Å². The quantitative estimate of drug-likeness (QED) is 0.774. The number of nitrogens with zero attached hydrogens (tertiary/aromatic N) is 2. The normalized spacial score (nSPS) is 14.0. The molecule has 1 N–H and O–H groups in total. The summed E-state index contributed by atoms with van der Waals surface area (Å²) in [5, 5.41) is 0. The molecular weight excluding hydrogens is 202 g/mol. The van der Waals surface area contributed by atoms with E-state index in [9.17, 15) is 4.79 Å². The van der Waals surface area contributed by atoms with Crippen molar-refractivity contribution in [1.29, 1.82) is 0 Å². The summed E-state index contributed by atoms with van der Waals surface area (Å²) in [6.45, 7) is 4.36. The predicted molar refractivity (Wildman–Crippen MR) is 57.0 cm³/mol. The van der Waals surface area contributed by atoms with Crippen molar-refractivity contribution >= 4 is 18.3 Å². The topological polar surface area (TPSA) is 49.0 Å². The zero-order chi connectivity index (χ0) is 9.52. The van der Waals surface area contributed by atoms with Crippen LogP contribution in [-0.4, -0.2) is 27.3 Å². The van der Waals surface area contributed by atoms with Gasteiger partial charge in [0.25, 0.3) is 0 Å². The van der Waals surface area contributed by atoms with Crippen molar-refractivity contribution in [2.24, 2.45) is 0 Å². The Kier molecular flexibility index (Phi) is 6.49. The van der Waals surface area contributed by atoms with Crippen molar-refractivity contribution in [1.82, 2.24) is 14.9 Å². The molecule has 78 valence electrons. The summed E-state index contributed by atoms with van der Waals surface area (Å²) >= 11 is 0. The van der Waals surface area contributed by atoms with Crippen molar-refractivity contribution < 1.29 is 4.79 Å². The van der Waals surface area contributed by atoms with Crippen LogP contribution in [0.5, 0.6) is 0 Å². The molecule has 0 unspecified atom stereocenters. The second kappa shape index (κ2) is 7.15. The number of hydrogen-bond acceptors (Lipinski definition) is 2. The average Bonchev–Trinajstić information content (AvgIpc) is 2.76. The van der Waals surface area contributed by atoms with Crippen LogP contribution in [0.1, 0.15) is 12.8 Å². The maximum Gasteiger partial charge on any atom is 0.226 e. The molecule has 0 atom stereocenters. The van der Waals surface area contributed by atoms with Gasteiger partial charge in [0.2, 0.25) is 5.91 Å². The summed E-state index contributed by atoms with van der Waals surface area (Å²) in [7, 11) is 0. The van der Waals surface area contributed by atoms with E-state index in [4.69, 9.17) is 0 Å². The van der Waals surface area contributed by atoms with E-state index in [1.807, 2.05) is 0 Å². The molecule has 0 aliphatic carbocycles. The van der Waals surface area contributed by atoms with Gasteiger partial charge in [0.15, 0.2) is 0 Å². The van der Waals surface area contributed by atoms with Gasteiger partial charge in [-0.2, -0.15) is 0 Å². The molecule has 1 saturated heterocycles. The van der Waals surface area contributed by atoms with Crippen LogP contribution in [-0.2, 0) is 4.79 Å². The van der Waals surface area contributed by atoms with E-state index in [0.29, 0.717) is 6.42 Å². The third-order valence-electron chi connectivity index (χ3n) is 1.74. The molecule has 2 heterocycles. The molecular formula is C9H14ClN3O. The molecule has 0 radical (unpaired) electrons. The van der Waals surface area contributed by atoms with Crippen molar-refractivity contribution in [3.8, 4) is 0 Å². The Balaban J connectivity index is 0.000000246. The van der Waals surface area contributed by atoms with Gasteiger partial charge in [-0.25, -0.2) is 4.98 Å². The van der Waals surface area contributed by atoms with Gasteiger partial charge in [0, 0.05) is 25.4 Å². The molecule has 1 aromatic heterocycles. The summed E-state index contributed by atoms with van der Waals surface area (Å²) < 4.78 is 0. The number of carbonyl (C=O) groups is 1. The number of nitrogens with one attached hydrogen (secondary N) is 1. The maximum atomic E-state index is 10.7. The van der Waals surface area contributed by atoms with Gasteiger partial charge in [0.1, 0.15) is 0 Å². The Morgan fingerprint density at radius 2 is 2.43 bits per heavy atom. The lowest BCUT2D eigenvalue weighted by Gasteiger charge is -2.05. The number of halogens is 1. The largest absolute Gasteiger partial charge is 0.351 e. The van der Waals surface area contributed by atoms with Crippen molar-refractivity contribution in [2.75, 3.05) is 6.54 Å². The lowest BCUT2D eigenvalue weighted by Crippen LogP contribution is -2.16. The van der Waals surface area contributed by atoms with Gasteiger partial charge >= 0.3 is 0 Å². The van der Waals surface area contributed by atoms with Gasteiger partial charge in [-0.05, 0) is 12.6 Å². The Bertz CT molecular complexity index is 244. The maximum absolute atomic E-state index is 10.7. The summed E-state index contributed by atoms with van der Waals surface area (Å²) in [6, 6.07) is 0. The Labute approximate surface area is 89.4 Å². The number of likely N-dealkylation sites (tertiary alicyclic amines) is 1. The van der Waals surface area contributed by atoms with E-state index in [0.717, 1.165) is 13.0 Å². The highest BCUT2D eigenvalue weighted by Crippen LogP contribution is 2.08. The van der Waals surface area contributed by atoms with E-state index < -0.39 is 0 Å². The average molecular weight is 216 g/mol. The van der Waals surface area contributed by atoms with E-state index >= 15 is 0 Å². The molecule has 1 amide bonds. The number of H-pyrrole nitrogens is 1. The smallest absolute Gasteiger partial charge is 0.226 e. The second-order valence-electron chi connectivity index (χ2n) is 2.63. The first kappa shape index (κ1) is 12.7. The van der Waals surface area contributed by atoms with Crippen LogP contribution < -0.4 is 0 Å². The number of aromatic nitrogens is 2. The monoisotopic (exact) mass is 215 g/mol. The molecule has 4 nitrogen and oxygen atoms in total. The summed E-state index contributed by atoms with van der Waals surface area (Å²) in [6.07, 6.45) is 8.37. The van der Waals surface area contributed by atoms with Crippen LogP contribution in [0.3, 0.4) is 0 Å². The predicted octanol–water partition coefficient (Wildman–Crippen LogP) is 1.58. The van der Waals surface area contributed by atoms with Gasteiger partial charge in [-0.3, -0.25) is 4.79 Å². The number of aromatic amines is 1. The Hall–Kier alpha value is -1.29. The minimum atomic E-state index is 0. The van der Waals surface area contributed by atoms with Crippen LogP contribution >= 0.6 is 12.4 Å². The molecule has 5 heteroatoms. The molecule has 14 heavy (non-hydrogen) atoms. The van der Waals surface area contributed by atoms with Crippen LogP contribution in [0.2, 0.25) is 0 Å². The molecule has 0 saturated carbocycles. The van der Waals surface area contributed by atoms with Crippen molar-refractivity contribution in [3.63, 3.8) is 0 Å². The number of hydrogen-bond donors (Lipinski definition) is 1. The highest BCUT2D eigenvalue weighted by Gasteiger charge is 2.15. The third-order valence-corrected chi connectivity index (χ3v) is 1.74. The van der Waals surface area contributed by atoms with Crippen LogP contribution in [0.4, 0.5) is 0 Å². The molecule has 1 fully saturated rings. The lowest BCUT2D eigenvalue weighted by molar-refractivity contribution is -0.125. The van der Waals surface area contributed by atoms with Gasteiger partial charge in [-0.1, -0.05) is 6.58 Å². The van der Waals surface area contributed by atoms with E-state index in [-0.39, 0.29) is 18.3 Å². The molecule has 0 aromatic carbocycles. The fourth-order valence-electron chi connectivity index (χ4n) is 1.08. The molecule has 1 aliphatic heterocycles. The van der Waals surface area contributed by atoms with Crippen LogP contribution in [0, 0.1) is 0 Å². The first-order chi connectivity index (χ1) is 6.34.